The minimum absolute atomic E-state index is 0.261. The first-order valence-corrected chi connectivity index (χ1v) is 8.29. The molecule has 1 aliphatic rings. The highest BCUT2D eigenvalue weighted by Gasteiger charge is 2.14. The number of nitriles is 1. The monoisotopic (exact) mass is 326 g/mol. The predicted octanol–water partition coefficient (Wildman–Crippen LogP) is 2.81. The van der Waals surface area contributed by atoms with E-state index in [1.54, 1.807) is 30.3 Å². The maximum atomic E-state index is 11.7. The molecule has 0 bridgehead atoms. The normalized spacial score (nSPS) is 15.0. The van der Waals surface area contributed by atoms with Gasteiger partial charge in [-0.1, -0.05) is 31.4 Å². The van der Waals surface area contributed by atoms with Crippen molar-refractivity contribution in [2.24, 2.45) is 5.92 Å². The van der Waals surface area contributed by atoms with Crippen LogP contribution in [-0.2, 0) is 14.3 Å². The molecule has 0 aromatic heterocycles. The lowest BCUT2D eigenvalue weighted by Crippen LogP contribution is -2.33. The minimum atomic E-state index is -0.563. The zero-order chi connectivity index (χ0) is 17.2. The fourth-order valence-electron chi connectivity index (χ4n) is 2.72. The summed E-state index contributed by atoms with van der Waals surface area (Å²) in [7, 11) is 0. The van der Waals surface area contributed by atoms with Gasteiger partial charge in [0.15, 0.2) is 6.61 Å². The van der Waals surface area contributed by atoms with Gasteiger partial charge in [0.05, 0.1) is 11.6 Å². The Labute approximate surface area is 142 Å². The Bertz CT molecular complexity index is 623. The first kappa shape index (κ1) is 17.7. The number of carbonyl (C=O) groups excluding carboxylic acids is 2. The van der Waals surface area contributed by atoms with Crippen LogP contribution in [0.25, 0.3) is 6.08 Å². The number of hydrogen-bond donors (Lipinski definition) is 1. The van der Waals surface area contributed by atoms with Crippen LogP contribution in [0.1, 0.15) is 43.2 Å². The average Bonchev–Trinajstić information content (AvgIpc) is 2.64. The summed E-state index contributed by atoms with van der Waals surface area (Å²) in [4.78, 5) is 23.3. The van der Waals surface area contributed by atoms with E-state index in [0.29, 0.717) is 18.0 Å². The lowest BCUT2D eigenvalue weighted by Gasteiger charge is -2.21. The molecule has 1 aliphatic carbocycles. The standard InChI is InChI=1S/C19H22N2O3/c20-12-16-8-6-15(7-9-16)10-11-19(23)24-14-18(22)21-13-17-4-2-1-3-5-17/h6-11,17H,1-5,13-14H2,(H,21,22)/b11-10+. The van der Waals surface area contributed by atoms with Crippen molar-refractivity contribution in [1.82, 2.24) is 5.32 Å². The molecule has 1 N–H and O–H groups in total. The number of ether oxygens (including phenoxy) is 1. The van der Waals surface area contributed by atoms with Crippen molar-refractivity contribution in [1.29, 1.82) is 5.26 Å². The fraction of sp³-hybridized carbons (Fsp3) is 0.421. The molecule has 5 heteroatoms. The summed E-state index contributed by atoms with van der Waals surface area (Å²) < 4.78 is 4.92. The topological polar surface area (TPSA) is 79.2 Å². The lowest BCUT2D eigenvalue weighted by atomic mass is 9.89. The fourth-order valence-corrected chi connectivity index (χ4v) is 2.72. The summed E-state index contributed by atoms with van der Waals surface area (Å²) in [6.45, 7) is 0.403. The third kappa shape index (κ3) is 6.25. The summed E-state index contributed by atoms with van der Waals surface area (Å²) >= 11 is 0. The van der Waals surface area contributed by atoms with Crippen LogP contribution in [0, 0.1) is 17.2 Å². The Morgan fingerprint density at radius 3 is 2.58 bits per heavy atom. The second-order valence-corrected chi connectivity index (χ2v) is 5.98. The van der Waals surface area contributed by atoms with E-state index in [9.17, 15) is 9.59 Å². The molecule has 5 nitrogen and oxygen atoms in total. The highest BCUT2D eigenvalue weighted by molar-refractivity contribution is 5.89. The van der Waals surface area contributed by atoms with Gasteiger partial charge in [-0.3, -0.25) is 4.79 Å². The SMILES string of the molecule is N#Cc1ccc(/C=C/C(=O)OCC(=O)NCC2CCCCC2)cc1. The van der Waals surface area contributed by atoms with Crippen molar-refractivity contribution >= 4 is 18.0 Å². The quantitative estimate of drug-likeness (QED) is 0.644. The van der Waals surface area contributed by atoms with Crippen LogP contribution in [0.15, 0.2) is 30.3 Å². The van der Waals surface area contributed by atoms with Crippen LogP contribution in [0.3, 0.4) is 0 Å². The van der Waals surface area contributed by atoms with Gasteiger partial charge in [0, 0.05) is 12.6 Å². The number of nitrogens with zero attached hydrogens (tertiary/aromatic N) is 1. The van der Waals surface area contributed by atoms with Crippen LogP contribution < -0.4 is 5.32 Å². The van der Waals surface area contributed by atoms with Crippen molar-refractivity contribution < 1.29 is 14.3 Å². The zero-order valence-corrected chi connectivity index (χ0v) is 13.7. The van der Waals surface area contributed by atoms with Crippen LogP contribution >= 0.6 is 0 Å². The largest absolute Gasteiger partial charge is 0.452 e. The Kier molecular flexibility index (Phi) is 7.03. The van der Waals surface area contributed by atoms with Crippen LogP contribution in [0.5, 0.6) is 0 Å². The molecule has 1 aromatic rings. The van der Waals surface area contributed by atoms with E-state index in [0.717, 1.165) is 18.4 Å². The molecule has 0 atom stereocenters. The highest BCUT2D eigenvalue weighted by Crippen LogP contribution is 2.22. The molecule has 0 heterocycles. The maximum absolute atomic E-state index is 11.7. The molecule has 1 amide bonds. The summed E-state index contributed by atoms with van der Waals surface area (Å²) in [5.74, 6) is -0.275. The summed E-state index contributed by atoms with van der Waals surface area (Å²) in [5.41, 5.74) is 1.34. The molecule has 1 aromatic carbocycles. The zero-order valence-electron chi connectivity index (χ0n) is 13.7. The van der Waals surface area contributed by atoms with E-state index in [-0.39, 0.29) is 12.5 Å². The van der Waals surface area contributed by atoms with Crippen molar-refractivity contribution in [3.8, 4) is 6.07 Å². The Morgan fingerprint density at radius 1 is 1.21 bits per heavy atom. The lowest BCUT2D eigenvalue weighted by molar-refractivity contribution is -0.143. The van der Waals surface area contributed by atoms with Gasteiger partial charge in [-0.2, -0.15) is 5.26 Å². The van der Waals surface area contributed by atoms with E-state index in [4.69, 9.17) is 10.00 Å². The number of esters is 1. The summed E-state index contributed by atoms with van der Waals surface area (Å²) in [6.07, 6.45) is 8.93. The molecule has 0 aliphatic heterocycles. The van der Waals surface area contributed by atoms with Crippen LogP contribution in [-0.4, -0.2) is 25.0 Å². The molecule has 1 fully saturated rings. The van der Waals surface area contributed by atoms with Gasteiger partial charge >= 0.3 is 5.97 Å². The molecule has 126 valence electrons. The van der Waals surface area contributed by atoms with Gasteiger partial charge in [0.25, 0.3) is 5.91 Å². The molecular weight excluding hydrogens is 304 g/mol. The summed E-state index contributed by atoms with van der Waals surface area (Å²) in [6, 6.07) is 8.84. The predicted molar refractivity (Wildman–Crippen MR) is 90.7 cm³/mol. The first-order valence-electron chi connectivity index (χ1n) is 8.29. The number of carbonyl (C=O) groups is 2. The Morgan fingerprint density at radius 2 is 1.92 bits per heavy atom. The van der Waals surface area contributed by atoms with Gasteiger partial charge in [0.1, 0.15) is 0 Å². The molecule has 0 unspecified atom stereocenters. The number of amides is 1. The van der Waals surface area contributed by atoms with E-state index in [1.165, 1.54) is 25.3 Å². The van der Waals surface area contributed by atoms with E-state index in [2.05, 4.69) is 5.32 Å². The van der Waals surface area contributed by atoms with E-state index >= 15 is 0 Å². The van der Waals surface area contributed by atoms with Gasteiger partial charge in [0.2, 0.25) is 0 Å². The Hall–Kier alpha value is -2.61. The van der Waals surface area contributed by atoms with Crippen LogP contribution in [0.4, 0.5) is 0 Å². The second-order valence-electron chi connectivity index (χ2n) is 5.98. The molecule has 0 saturated heterocycles. The Balaban J connectivity index is 1.67. The van der Waals surface area contributed by atoms with Crippen molar-refractivity contribution in [3.05, 3.63) is 41.5 Å². The van der Waals surface area contributed by atoms with Gasteiger partial charge in [-0.25, -0.2) is 4.79 Å². The van der Waals surface area contributed by atoms with Crippen molar-refractivity contribution in [2.75, 3.05) is 13.2 Å². The molecule has 24 heavy (non-hydrogen) atoms. The van der Waals surface area contributed by atoms with Gasteiger partial charge in [-0.05, 0) is 42.5 Å². The third-order valence-corrected chi connectivity index (χ3v) is 4.11. The molecule has 1 saturated carbocycles. The second kappa shape index (κ2) is 9.51. The smallest absolute Gasteiger partial charge is 0.331 e. The van der Waals surface area contributed by atoms with E-state index < -0.39 is 5.97 Å². The van der Waals surface area contributed by atoms with E-state index in [1.807, 2.05) is 6.07 Å². The number of nitrogens with one attached hydrogen (secondary N) is 1. The highest BCUT2D eigenvalue weighted by atomic mass is 16.5. The van der Waals surface area contributed by atoms with Gasteiger partial charge < -0.3 is 10.1 Å². The number of rotatable bonds is 6. The van der Waals surface area contributed by atoms with Crippen molar-refractivity contribution in [3.63, 3.8) is 0 Å². The molecular formula is C19H22N2O3. The summed E-state index contributed by atoms with van der Waals surface area (Å²) in [5, 5.41) is 11.5. The molecule has 0 radical (unpaired) electrons. The molecule has 2 rings (SSSR count). The third-order valence-electron chi connectivity index (χ3n) is 4.11. The van der Waals surface area contributed by atoms with Gasteiger partial charge in [-0.15, -0.1) is 0 Å². The number of benzene rings is 1. The maximum Gasteiger partial charge on any atom is 0.331 e. The van der Waals surface area contributed by atoms with Crippen molar-refractivity contribution in [2.45, 2.75) is 32.1 Å². The first-order chi connectivity index (χ1) is 11.7. The number of hydrogen-bond acceptors (Lipinski definition) is 4. The van der Waals surface area contributed by atoms with Crippen LogP contribution in [0.2, 0.25) is 0 Å². The average molecular weight is 326 g/mol. The molecule has 0 spiro atoms. The minimum Gasteiger partial charge on any atom is -0.452 e.